The molecule has 1 nitrogen and oxygen atoms in total. The molecule has 0 saturated heterocycles. The normalized spacial score (nSPS) is 19.0. The number of nitrogens with one attached hydrogen (secondary N) is 1. The minimum Gasteiger partial charge on any atom is -0.316 e. The van der Waals surface area contributed by atoms with E-state index in [1.165, 1.54) is 56.4 Å². The Hall–Kier alpha value is -0.0500. The third-order valence-corrected chi connectivity index (χ3v) is 5.25. The molecular weight excluding hydrogens is 262 g/mol. The molecule has 1 N–H and O–H groups in total. The molecule has 2 rings (SSSR count). The summed E-state index contributed by atoms with van der Waals surface area (Å²) in [6.07, 6.45) is 9.39. The van der Waals surface area contributed by atoms with Gasteiger partial charge in [0.15, 0.2) is 0 Å². The lowest BCUT2D eigenvalue weighted by Crippen LogP contribution is -2.38. The highest BCUT2D eigenvalue weighted by Crippen LogP contribution is 2.40. The first kappa shape index (κ1) is 14.4. The first-order valence-electron chi connectivity index (χ1n) is 7.19. The van der Waals surface area contributed by atoms with Gasteiger partial charge in [-0.15, -0.1) is 11.3 Å². The van der Waals surface area contributed by atoms with Crippen LogP contribution in [-0.2, 0) is 6.42 Å². The molecule has 3 heteroatoms. The number of rotatable bonds is 6. The second kappa shape index (κ2) is 6.93. The van der Waals surface area contributed by atoms with Gasteiger partial charge in [0.25, 0.3) is 0 Å². The topological polar surface area (TPSA) is 12.0 Å². The Morgan fingerprint density at radius 1 is 1.28 bits per heavy atom. The monoisotopic (exact) mass is 285 g/mol. The quantitative estimate of drug-likeness (QED) is 0.734. The largest absolute Gasteiger partial charge is 0.316 e. The summed E-state index contributed by atoms with van der Waals surface area (Å²) >= 11 is 7.81. The van der Waals surface area contributed by atoms with E-state index in [0.29, 0.717) is 5.41 Å². The Bertz CT molecular complexity index is 355. The molecule has 0 aromatic carbocycles. The van der Waals surface area contributed by atoms with Crippen molar-refractivity contribution in [3.05, 3.63) is 21.3 Å². The molecule has 18 heavy (non-hydrogen) atoms. The molecule has 0 radical (unpaired) electrons. The molecule has 0 unspecified atom stereocenters. The van der Waals surface area contributed by atoms with Gasteiger partial charge in [0.05, 0.1) is 4.34 Å². The predicted molar refractivity (Wildman–Crippen MR) is 81.7 cm³/mol. The van der Waals surface area contributed by atoms with Gasteiger partial charge >= 0.3 is 0 Å². The van der Waals surface area contributed by atoms with Crippen LogP contribution >= 0.6 is 22.9 Å². The van der Waals surface area contributed by atoms with Crippen LogP contribution < -0.4 is 5.32 Å². The van der Waals surface area contributed by atoms with Crippen LogP contribution in [0.4, 0.5) is 0 Å². The van der Waals surface area contributed by atoms with Crippen LogP contribution in [0.1, 0.15) is 50.3 Å². The van der Waals surface area contributed by atoms with Crippen molar-refractivity contribution < 1.29 is 0 Å². The van der Waals surface area contributed by atoms with E-state index in [1.54, 1.807) is 11.3 Å². The first-order chi connectivity index (χ1) is 8.74. The van der Waals surface area contributed by atoms with Crippen molar-refractivity contribution in [2.45, 2.75) is 51.9 Å². The van der Waals surface area contributed by atoms with Gasteiger partial charge in [0.1, 0.15) is 0 Å². The summed E-state index contributed by atoms with van der Waals surface area (Å²) in [5.74, 6) is 0. The summed E-state index contributed by atoms with van der Waals surface area (Å²) < 4.78 is 0.928. The lowest BCUT2D eigenvalue weighted by molar-refractivity contribution is 0.182. The van der Waals surface area contributed by atoms with E-state index < -0.39 is 0 Å². The fourth-order valence-electron chi connectivity index (χ4n) is 3.06. The molecule has 1 fully saturated rings. The van der Waals surface area contributed by atoms with Crippen LogP contribution in [0.5, 0.6) is 0 Å². The maximum absolute atomic E-state index is 6.05. The fraction of sp³-hybridized carbons (Fsp3) is 0.733. The molecule has 1 aromatic heterocycles. The van der Waals surface area contributed by atoms with Crippen molar-refractivity contribution in [1.29, 1.82) is 0 Å². The van der Waals surface area contributed by atoms with Gasteiger partial charge in [-0.3, -0.25) is 0 Å². The summed E-state index contributed by atoms with van der Waals surface area (Å²) in [6.45, 7) is 4.56. The summed E-state index contributed by atoms with van der Waals surface area (Å²) in [5.41, 5.74) is 0.488. The van der Waals surface area contributed by atoms with Crippen LogP contribution in [0, 0.1) is 5.41 Å². The van der Waals surface area contributed by atoms with Crippen molar-refractivity contribution >= 4 is 22.9 Å². The zero-order valence-corrected chi connectivity index (χ0v) is 12.9. The zero-order chi connectivity index (χ0) is 12.8. The highest BCUT2D eigenvalue weighted by atomic mass is 35.5. The zero-order valence-electron chi connectivity index (χ0n) is 11.3. The van der Waals surface area contributed by atoms with Crippen LogP contribution in [0.3, 0.4) is 0 Å². The number of hydrogen-bond acceptors (Lipinski definition) is 2. The van der Waals surface area contributed by atoms with Gasteiger partial charge in [-0.25, -0.2) is 0 Å². The summed E-state index contributed by atoms with van der Waals surface area (Å²) in [6, 6.07) is 4.25. The van der Waals surface area contributed by atoms with Crippen molar-refractivity contribution in [2.75, 3.05) is 13.1 Å². The highest BCUT2D eigenvalue weighted by molar-refractivity contribution is 7.16. The third-order valence-electron chi connectivity index (χ3n) is 4.02. The number of thiophene rings is 1. The first-order valence-corrected chi connectivity index (χ1v) is 8.38. The Morgan fingerprint density at radius 3 is 2.67 bits per heavy atom. The smallest absolute Gasteiger partial charge is 0.0931 e. The van der Waals surface area contributed by atoms with Crippen molar-refractivity contribution in [1.82, 2.24) is 5.32 Å². The van der Waals surface area contributed by atoms with Gasteiger partial charge in [-0.2, -0.15) is 0 Å². The Morgan fingerprint density at radius 2 is 2.06 bits per heavy atom. The Labute approximate surface area is 120 Å². The molecule has 0 aliphatic heterocycles. The molecular formula is C15H24ClNS. The second-order valence-corrected chi connectivity index (χ2v) is 7.42. The number of halogens is 1. The van der Waals surface area contributed by atoms with E-state index in [1.807, 2.05) is 6.07 Å². The van der Waals surface area contributed by atoms with E-state index in [0.717, 1.165) is 10.9 Å². The molecule has 0 amide bonds. The minimum atomic E-state index is 0.488. The van der Waals surface area contributed by atoms with E-state index >= 15 is 0 Å². The van der Waals surface area contributed by atoms with E-state index in [2.05, 4.69) is 18.3 Å². The average Bonchev–Trinajstić information content (AvgIpc) is 2.76. The maximum atomic E-state index is 6.05. The van der Waals surface area contributed by atoms with Gasteiger partial charge < -0.3 is 5.32 Å². The van der Waals surface area contributed by atoms with Gasteiger partial charge in [-0.05, 0) is 49.8 Å². The summed E-state index contributed by atoms with van der Waals surface area (Å²) in [4.78, 5) is 1.46. The molecule has 1 saturated carbocycles. The minimum absolute atomic E-state index is 0.488. The third kappa shape index (κ3) is 3.97. The number of hydrogen-bond donors (Lipinski definition) is 1. The molecule has 1 aromatic rings. The molecule has 102 valence electrons. The molecule has 1 aliphatic rings. The van der Waals surface area contributed by atoms with E-state index in [-0.39, 0.29) is 0 Å². The van der Waals surface area contributed by atoms with Gasteiger partial charge in [-0.1, -0.05) is 37.8 Å². The Balaban J connectivity index is 1.99. The van der Waals surface area contributed by atoms with Crippen molar-refractivity contribution in [3.63, 3.8) is 0 Å². The molecule has 0 bridgehead atoms. The van der Waals surface area contributed by atoms with Gasteiger partial charge in [0, 0.05) is 11.4 Å². The van der Waals surface area contributed by atoms with Crippen LogP contribution in [-0.4, -0.2) is 13.1 Å². The van der Waals surface area contributed by atoms with Crippen LogP contribution in [0.15, 0.2) is 12.1 Å². The predicted octanol–water partition coefficient (Wildman–Crippen LogP) is 4.89. The SMILES string of the molecule is CCCNCC1(Cc2ccc(Cl)s2)CCCCC1. The Kier molecular flexibility index (Phi) is 5.53. The van der Waals surface area contributed by atoms with E-state index in [9.17, 15) is 0 Å². The highest BCUT2D eigenvalue weighted by Gasteiger charge is 2.32. The van der Waals surface area contributed by atoms with Crippen LogP contribution in [0.2, 0.25) is 4.34 Å². The molecule has 0 atom stereocenters. The van der Waals surface area contributed by atoms with Crippen molar-refractivity contribution in [2.24, 2.45) is 5.41 Å². The lowest BCUT2D eigenvalue weighted by atomic mass is 9.71. The molecule has 1 aliphatic carbocycles. The van der Waals surface area contributed by atoms with Crippen molar-refractivity contribution in [3.8, 4) is 0 Å². The summed E-state index contributed by atoms with van der Waals surface area (Å²) in [5, 5.41) is 3.64. The fourth-order valence-corrected chi connectivity index (χ4v) is 4.33. The van der Waals surface area contributed by atoms with E-state index in [4.69, 9.17) is 11.6 Å². The lowest BCUT2D eigenvalue weighted by Gasteiger charge is -2.37. The second-order valence-electron chi connectivity index (χ2n) is 5.62. The molecule has 0 spiro atoms. The molecule has 1 heterocycles. The standard InChI is InChI=1S/C15H24ClNS/c1-2-10-17-12-15(8-4-3-5-9-15)11-13-6-7-14(16)18-13/h6-7,17H,2-5,8-12H2,1H3. The maximum Gasteiger partial charge on any atom is 0.0931 e. The van der Waals surface area contributed by atoms with Gasteiger partial charge in [0.2, 0.25) is 0 Å². The average molecular weight is 286 g/mol. The summed E-state index contributed by atoms with van der Waals surface area (Å²) in [7, 11) is 0. The van der Waals surface area contributed by atoms with Crippen LogP contribution in [0.25, 0.3) is 0 Å².